The van der Waals surface area contributed by atoms with E-state index in [4.69, 9.17) is 43.1 Å². The highest BCUT2D eigenvalue weighted by atomic mass is 35.5. The van der Waals surface area contributed by atoms with Crippen LogP contribution in [0.3, 0.4) is 0 Å². The molecule has 3 aromatic carbocycles. The van der Waals surface area contributed by atoms with E-state index in [-0.39, 0.29) is 31.5 Å². The standard InChI is InChI=1S/C29H32Cl2N2O4.ClH/c1-19-14-23(30)28(24(31)15-19)37-13-12-36-26-10-9-20(17-27(26)35-2)16-22(18-34)29(32)33-11-5-7-21-6-3-4-8-25(21)33;/h3-4,6,8-10,14-15,17-18,22,29H,5,7,11-13,16,32H2,1-2H3;1H. The molecule has 0 radical (unpaired) electrons. The number of rotatable bonds is 11. The Kier molecular flexibility index (Phi) is 11.0. The molecule has 2 unspecified atom stereocenters. The normalized spacial score (nSPS) is 14.1. The minimum Gasteiger partial charge on any atom is -0.493 e. The van der Waals surface area contributed by atoms with Crippen molar-refractivity contribution < 1.29 is 19.0 Å². The third-order valence-electron chi connectivity index (χ3n) is 6.55. The van der Waals surface area contributed by atoms with E-state index in [2.05, 4.69) is 17.0 Å². The first-order valence-corrected chi connectivity index (χ1v) is 13.1. The number of methoxy groups -OCH3 is 1. The van der Waals surface area contributed by atoms with Crippen molar-refractivity contribution >= 4 is 47.6 Å². The highest BCUT2D eigenvalue weighted by molar-refractivity contribution is 6.37. The number of nitrogens with two attached hydrogens (primary N) is 1. The summed E-state index contributed by atoms with van der Waals surface area (Å²) in [6.45, 7) is 3.28. The number of fused-ring (bicyclic) bond motifs is 1. The van der Waals surface area contributed by atoms with Crippen LogP contribution in [0, 0.1) is 12.8 Å². The van der Waals surface area contributed by atoms with Gasteiger partial charge in [-0.2, -0.15) is 0 Å². The van der Waals surface area contributed by atoms with Crippen LogP contribution in [0.2, 0.25) is 10.0 Å². The minimum atomic E-state index is -0.418. The molecule has 0 saturated heterocycles. The van der Waals surface area contributed by atoms with Crippen molar-refractivity contribution in [3.05, 3.63) is 81.3 Å². The van der Waals surface area contributed by atoms with Crippen LogP contribution in [-0.4, -0.2) is 39.3 Å². The van der Waals surface area contributed by atoms with Crippen molar-refractivity contribution in [2.75, 3.05) is 31.8 Å². The molecule has 9 heteroatoms. The number of anilines is 1. The highest BCUT2D eigenvalue weighted by Crippen LogP contribution is 2.35. The Labute approximate surface area is 240 Å². The molecule has 0 aliphatic carbocycles. The largest absolute Gasteiger partial charge is 0.493 e. The van der Waals surface area contributed by atoms with Gasteiger partial charge in [-0.3, -0.25) is 0 Å². The van der Waals surface area contributed by atoms with E-state index in [1.807, 2.05) is 37.3 Å². The second-order valence-electron chi connectivity index (χ2n) is 9.16. The van der Waals surface area contributed by atoms with Crippen LogP contribution >= 0.6 is 35.6 Å². The molecule has 4 rings (SSSR count). The van der Waals surface area contributed by atoms with E-state index in [0.29, 0.717) is 33.7 Å². The fourth-order valence-electron chi connectivity index (χ4n) is 4.70. The Morgan fingerprint density at radius 3 is 2.45 bits per heavy atom. The summed E-state index contributed by atoms with van der Waals surface area (Å²) in [5.41, 5.74) is 10.9. The molecule has 2 N–H and O–H groups in total. The second-order valence-corrected chi connectivity index (χ2v) is 9.97. The van der Waals surface area contributed by atoms with Crippen LogP contribution in [0.1, 0.15) is 23.1 Å². The number of nitrogens with zero attached hydrogens (tertiary/aromatic N) is 1. The number of para-hydroxylation sites is 1. The summed E-state index contributed by atoms with van der Waals surface area (Å²) in [5.74, 6) is 1.21. The number of hydrogen-bond acceptors (Lipinski definition) is 6. The number of hydrogen-bond donors (Lipinski definition) is 1. The average molecular weight is 580 g/mol. The smallest absolute Gasteiger partial charge is 0.161 e. The van der Waals surface area contributed by atoms with Gasteiger partial charge in [-0.15, -0.1) is 12.4 Å². The van der Waals surface area contributed by atoms with E-state index in [0.717, 1.165) is 42.5 Å². The molecule has 38 heavy (non-hydrogen) atoms. The van der Waals surface area contributed by atoms with Crippen LogP contribution in [-0.2, 0) is 17.6 Å². The predicted molar refractivity (Wildman–Crippen MR) is 156 cm³/mol. The Morgan fingerprint density at radius 2 is 1.74 bits per heavy atom. The molecular formula is C29H33Cl3N2O4. The molecule has 204 valence electrons. The summed E-state index contributed by atoms with van der Waals surface area (Å²) in [6, 6.07) is 17.5. The number of ether oxygens (including phenoxy) is 3. The van der Waals surface area contributed by atoms with Gasteiger partial charge in [-0.1, -0.05) is 47.5 Å². The molecule has 0 amide bonds. The molecule has 6 nitrogen and oxygen atoms in total. The molecule has 1 aliphatic heterocycles. The minimum absolute atomic E-state index is 0. The first-order valence-electron chi connectivity index (χ1n) is 12.3. The van der Waals surface area contributed by atoms with Gasteiger partial charge >= 0.3 is 0 Å². The summed E-state index contributed by atoms with van der Waals surface area (Å²) in [5, 5.41) is 0.922. The molecule has 0 fully saturated rings. The number of benzene rings is 3. The van der Waals surface area contributed by atoms with E-state index >= 15 is 0 Å². The van der Waals surface area contributed by atoms with Crippen LogP contribution in [0.4, 0.5) is 5.69 Å². The molecule has 0 bridgehead atoms. The number of carbonyl (C=O) groups excluding carboxylic acids is 1. The van der Waals surface area contributed by atoms with Crippen molar-refractivity contribution in [2.24, 2.45) is 11.7 Å². The van der Waals surface area contributed by atoms with Crippen LogP contribution in [0.15, 0.2) is 54.6 Å². The maximum atomic E-state index is 12.1. The fraction of sp³-hybridized carbons (Fsp3) is 0.345. The zero-order valence-electron chi connectivity index (χ0n) is 21.5. The van der Waals surface area contributed by atoms with Gasteiger partial charge in [0, 0.05) is 12.2 Å². The molecule has 0 aromatic heterocycles. The molecule has 1 heterocycles. The first-order chi connectivity index (χ1) is 17.9. The summed E-state index contributed by atoms with van der Waals surface area (Å²) in [4.78, 5) is 14.2. The van der Waals surface area contributed by atoms with Gasteiger partial charge in [0.2, 0.25) is 0 Å². The van der Waals surface area contributed by atoms with Crippen LogP contribution in [0.25, 0.3) is 0 Å². The lowest BCUT2D eigenvalue weighted by Crippen LogP contribution is -2.50. The van der Waals surface area contributed by atoms with E-state index in [9.17, 15) is 4.79 Å². The van der Waals surface area contributed by atoms with Crippen molar-refractivity contribution in [1.29, 1.82) is 0 Å². The first kappa shape index (κ1) is 29.9. The SMILES string of the molecule is COc1cc(CC(C=O)C(N)N2CCCc3ccccc32)ccc1OCCOc1c(Cl)cc(C)cc1Cl.Cl. The lowest BCUT2D eigenvalue weighted by Gasteiger charge is -2.38. The highest BCUT2D eigenvalue weighted by Gasteiger charge is 2.28. The lowest BCUT2D eigenvalue weighted by molar-refractivity contribution is -0.111. The topological polar surface area (TPSA) is 74.0 Å². The van der Waals surface area contributed by atoms with Gasteiger partial charge in [0.25, 0.3) is 0 Å². The van der Waals surface area contributed by atoms with Gasteiger partial charge < -0.3 is 29.6 Å². The van der Waals surface area contributed by atoms with E-state index in [1.54, 1.807) is 19.2 Å². The van der Waals surface area contributed by atoms with Crippen LogP contribution < -0.4 is 24.8 Å². The number of aldehydes is 1. The van der Waals surface area contributed by atoms with Gasteiger partial charge in [0.1, 0.15) is 19.5 Å². The molecular weight excluding hydrogens is 547 g/mol. The van der Waals surface area contributed by atoms with Crippen molar-refractivity contribution in [1.82, 2.24) is 0 Å². The second kappa shape index (κ2) is 13.9. The van der Waals surface area contributed by atoms with Gasteiger partial charge in [-0.25, -0.2) is 0 Å². The van der Waals surface area contributed by atoms with E-state index < -0.39 is 6.17 Å². The zero-order valence-corrected chi connectivity index (χ0v) is 23.8. The fourth-order valence-corrected chi connectivity index (χ4v) is 5.41. The zero-order chi connectivity index (χ0) is 26.4. The van der Waals surface area contributed by atoms with E-state index in [1.165, 1.54) is 5.56 Å². The number of carbonyl (C=O) groups is 1. The summed E-state index contributed by atoms with van der Waals surface area (Å²) in [6.07, 6.45) is 3.08. The molecule has 2 atom stereocenters. The van der Waals surface area contributed by atoms with Crippen molar-refractivity contribution in [3.8, 4) is 17.2 Å². The van der Waals surface area contributed by atoms with Crippen molar-refractivity contribution in [3.63, 3.8) is 0 Å². The Bertz CT molecular complexity index is 1220. The van der Waals surface area contributed by atoms with Gasteiger partial charge in [0.15, 0.2) is 17.2 Å². The van der Waals surface area contributed by atoms with Gasteiger partial charge in [0.05, 0.1) is 29.2 Å². The van der Waals surface area contributed by atoms with Gasteiger partial charge in [-0.05, 0) is 73.2 Å². The summed E-state index contributed by atoms with van der Waals surface area (Å²) in [7, 11) is 1.59. The number of halogens is 3. The Hall–Kier alpha value is -2.64. The summed E-state index contributed by atoms with van der Waals surface area (Å²) >= 11 is 12.5. The molecule has 0 saturated carbocycles. The Balaban J connectivity index is 0.00000400. The van der Waals surface area contributed by atoms with Crippen molar-refractivity contribution in [2.45, 2.75) is 32.4 Å². The number of aryl methyl sites for hydroxylation is 2. The third kappa shape index (κ3) is 7.06. The van der Waals surface area contributed by atoms with Crippen LogP contribution in [0.5, 0.6) is 17.2 Å². The molecule has 0 spiro atoms. The predicted octanol–water partition coefficient (Wildman–Crippen LogP) is 6.29. The molecule has 1 aliphatic rings. The monoisotopic (exact) mass is 578 g/mol. The quantitative estimate of drug-likeness (QED) is 0.213. The Morgan fingerprint density at radius 1 is 1.03 bits per heavy atom. The molecule has 3 aromatic rings. The third-order valence-corrected chi connectivity index (χ3v) is 7.11. The lowest BCUT2D eigenvalue weighted by atomic mass is 9.94. The maximum Gasteiger partial charge on any atom is 0.161 e. The average Bonchev–Trinajstić information content (AvgIpc) is 2.90. The maximum absolute atomic E-state index is 12.1. The summed E-state index contributed by atoms with van der Waals surface area (Å²) < 4.78 is 17.2.